The fourth-order valence-corrected chi connectivity index (χ4v) is 8.10. The molecule has 5 rings (SSSR count). The summed E-state index contributed by atoms with van der Waals surface area (Å²) in [5, 5.41) is 3.75. The molecule has 3 heterocycles. The van der Waals surface area contributed by atoms with Crippen LogP contribution in [0.25, 0.3) is 20.8 Å². The van der Waals surface area contributed by atoms with Gasteiger partial charge in [0, 0.05) is 12.1 Å². The predicted octanol–water partition coefficient (Wildman–Crippen LogP) is 5.47. The molecule has 1 aliphatic rings. The number of fused-ring (bicyclic) bond motifs is 1. The SMILES string of the molecule is O=C(Nc1ccccc1-c1nc2ccccc2s1)C1CCCN1S(=O)(=O)c1ccc(Cl)s1. The van der Waals surface area contributed by atoms with Gasteiger partial charge in [0.25, 0.3) is 10.0 Å². The monoisotopic (exact) mass is 503 g/mol. The highest BCUT2D eigenvalue weighted by atomic mass is 35.5. The maximum Gasteiger partial charge on any atom is 0.253 e. The summed E-state index contributed by atoms with van der Waals surface area (Å²) >= 11 is 8.48. The molecule has 0 bridgehead atoms. The third-order valence-corrected chi connectivity index (χ3v) is 10.0. The molecule has 0 spiro atoms. The number of anilines is 1. The highest BCUT2D eigenvalue weighted by Crippen LogP contribution is 2.36. The Labute approximate surface area is 198 Å². The average molecular weight is 504 g/mol. The number of nitrogens with zero attached hydrogens (tertiary/aromatic N) is 2. The van der Waals surface area contributed by atoms with E-state index < -0.39 is 16.1 Å². The Morgan fingerprint density at radius 2 is 1.84 bits per heavy atom. The van der Waals surface area contributed by atoms with E-state index in [9.17, 15) is 13.2 Å². The first kappa shape index (κ1) is 21.5. The van der Waals surface area contributed by atoms with E-state index in [2.05, 4.69) is 5.32 Å². The molecular weight excluding hydrogens is 486 g/mol. The van der Waals surface area contributed by atoms with Crippen molar-refractivity contribution in [3.8, 4) is 10.6 Å². The number of aromatic nitrogens is 1. The van der Waals surface area contributed by atoms with Crippen molar-refractivity contribution in [1.82, 2.24) is 9.29 Å². The normalized spacial score (nSPS) is 17.1. The van der Waals surface area contributed by atoms with Crippen LogP contribution in [-0.2, 0) is 14.8 Å². The fourth-order valence-electron chi connectivity index (χ4n) is 3.82. The van der Waals surface area contributed by atoms with Gasteiger partial charge in [-0.15, -0.1) is 22.7 Å². The summed E-state index contributed by atoms with van der Waals surface area (Å²) in [7, 11) is -3.79. The average Bonchev–Trinajstić information content (AvgIpc) is 3.53. The highest BCUT2D eigenvalue weighted by molar-refractivity contribution is 7.91. The van der Waals surface area contributed by atoms with E-state index in [1.807, 2.05) is 48.5 Å². The Morgan fingerprint density at radius 1 is 1.06 bits per heavy atom. The van der Waals surface area contributed by atoms with Crippen LogP contribution in [0.2, 0.25) is 4.34 Å². The van der Waals surface area contributed by atoms with E-state index in [-0.39, 0.29) is 10.1 Å². The minimum absolute atomic E-state index is 0.150. The Kier molecular flexibility index (Phi) is 5.77. The molecule has 1 atom stereocenters. The minimum Gasteiger partial charge on any atom is -0.324 e. The van der Waals surface area contributed by atoms with Crippen LogP contribution in [0.5, 0.6) is 0 Å². The number of halogens is 1. The fraction of sp³-hybridized carbons (Fsp3) is 0.182. The lowest BCUT2D eigenvalue weighted by Gasteiger charge is -2.23. The quantitative estimate of drug-likeness (QED) is 0.391. The van der Waals surface area contributed by atoms with Gasteiger partial charge in [-0.05, 0) is 49.2 Å². The number of hydrogen-bond donors (Lipinski definition) is 1. The number of benzene rings is 2. The number of para-hydroxylation sites is 2. The summed E-state index contributed by atoms with van der Waals surface area (Å²) in [5.74, 6) is -0.345. The summed E-state index contributed by atoms with van der Waals surface area (Å²) < 4.78 is 29.1. The molecule has 1 saturated heterocycles. The lowest BCUT2D eigenvalue weighted by Crippen LogP contribution is -2.42. The molecule has 4 aromatic rings. The van der Waals surface area contributed by atoms with Crippen molar-refractivity contribution in [3.63, 3.8) is 0 Å². The van der Waals surface area contributed by atoms with E-state index in [1.54, 1.807) is 17.4 Å². The molecule has 164 valence electrons. The lowest BCUT2D eigenvalue weighted by molar-refractivity contribution is -0.119. The molecule has 1 amide bonds. The van der Waals surface area contributed by atoms with Crippen LogP contribution < -0.4 is 5.32 Å². The number of amides is 1. The minimum atomic E-state index is -3.79. The maximum absolute atomic E-state index is 13.2. The first-order valence-electron chi connectivity index (χ1n) is 9.96. The number of thiazole rings is 1. The zero-order chi connectivity index (χ0) is 22.3. The second-order valence-corrected chi connectivity index (χ2v) is 12.2. The van der Waals surface area contributed by atoms with Gasteiger partial charge in [-0.1, -0.05) is 35.9 Å². The van der Waals surface area contributed by atoms with Crippen molar-refractivity contribution in [3.05, 3.63) is 65.0 Å². The molecule has 1 fully saturated rings. The molecule has 1 unspecified atom stereocenters. The number of carbonyl (C=O) groups is 1. The van der Waals surface area contributed by atoms with Gasteiger partial charge >= 0.3 is 0 Å². The first-order valence-corrected chi connectivity index (χ1v) is 13.4. The summed E-state index contributed by atoms with van der Waals surface area (Å²) in [6.45, 7) is 0.301. The standard InChI is InChI=1S/C22H18ClN3O3S3/c23-19-11-12-20(31-19)32(28,29)26-13-5-9-17(26)21(27)24-15-7-2-1-6-14(15)22-25-16-8-3-4-10-18(16)30-22/h1-4,6-8,10-12,17H,5,9,13H2,(H,24,27). The zero-order valence-corrected chi connectivity index (χ0v) is 19.9. The van der Waals surface area contributed by atoms with E-state index >= 15 is 0 Å². The Hall–Kier alpha value is -2.30. The molecule has 1 aliphatic heterocycles. The summed E-state index contributed by atoms with van der Waals surface area (Å²) in [6.07, 6.45) is 1.09. The van der Waals surface area contributed by atoms with Gasteiger partial charge < -0.3 is 5.32 Å². The molecule has 32 heavy (non-hydrogen) atoms. The van der Waals surface area contributed by atoms with Crippen LogP contribution >= 0.6 is 34.3 Å². The topological polar surface area (TPSA) is 79.4 Å². The highest BCUT2D eigenvalue weighted by Gasteiger charge is 2.40. The summed E-state index contributed by atoms with van der Waals surface area (Å²) in [5.41, 5.74) is 2.32. The number of sulfonamides is 1. The van der Waals surface area contributed by atoms with Crippen LogP contribution in [0.3, 0.4) is 0 Å². The van der Waals surface area contributed by atoms with Crippen molar-refractivity contribution < 1.29 is 13.2 Å². The van der Waals surface area contributed by atoms with Crippen LogP contribution in [0.15, 0.2) is 64.9 Å². The molecule has 6 nitrogen and oxygen atoms in total. The molecule has 0 radical (unpaired) electrons. The van der Waals surface area contributed by atoms with Crippen molar-refractivity contribution in [2.24, 2.45) is 0 Å². The second-order valence-electron chi connectivity index (χ2n) is 7.35. The van der Waals surface area contributed by atoms with Crippen molar-refractivity contribution in [2.45, 2.75) is 23.1 Å². The molecule has 2 aromatic heterocycles. The van der Waals surface area contributed by atoms with Crippen LogP contribution in [-0.4, -0.2) is 36.2 Å². The van der Waals surface area contributed by atoms with Gasteiger partial charge in [-0.2, -0.15) is 4.31 Å². The van der Waals surface area contributed by atoms with Gasteiger partial charge in [0.05, 0.1) is 20.2 Å². The van der Waals surface area contributed by atoms with Gasteiger partial charge in [0.15, 0.2) is 0 Å². The molecule has 10 heteroatoms. The van der Waals surface area contributed by atoms with Crippen LogP contribution in [0, 0.1) is 0 Å². The van der Waals surface area contributed by atoms with Gasteiger partial charge in [0.2, 0.25) is 5.91 Å². The van der Waals surface area contributed by atoms with E-state index in [0.717, 1.165) is 32.1 Å². The molecule has 2 aromatic carbocycles. The van der Waals surface area contributed by atoms with Crippen LogP contribution in [0.4, 0.5) is 5.69 Å². The second kappa shape index (κ2) is 8.57. The maximum atomic E-state index is 13.2. The Morgan fingerprint density at radius 3 is 2.62 bits per heavy atom. The smallest absolute Gasteiger partial charge is 0.253 e. The third kappa shape index (κ3) is 3.95. The predicted molar refractivity (Wildman–Crippen MR) is 130 cm³/mol. The number of nitrogens with one attached hydrogen (secondary N) is 1. The van der Waals surface area contributed by atoms with Crippen molar-refractivity contribution in [2.75, 3.05) is 11.9 Å². The van der Waals surface area contributed by atoms with Gasteiger partial charge in [-0.3, -0.25) is 4.79 Å². The largest absolute Gasteiger partial charge is 0.324 e. The molecule has 0 saturated carbocycles. The number of thiophene rings is 1. The van der Waals surface area contributed by atoms with Crippen molar-refractivity contribution in [1.29, 1.82) is 0 Å². The molecular formula is C22H18ClN3O3S3. The van der Waals surface area contributed by atoms with E-state index in [1.165, 1.54) is 10.4 Å². The lowest BCUT2D eigenvalue weighted by atomic mass is 10.1. The third-order valence-electron chi connectivity index (χ3n) is 5.33. The zero-order valence-electron chi connectivity index (χ0n) is 16.7. The molecule has 0 aliphatic carbocycles. The summed E-state index contributed by atoms with van der Waals surface area (Å²) in [4.78, 5) is 17.9. The van der Waals surface area contributed by atoms with E-state index in [0.29, 0.717) is 29.4 Å². The Bertz CT molecular complexity index is 1380. The first-order chi connectivity index (χ1) is 15.4. The number of rotatable bonds is 5. The van der Waals surface area contributed by atoms with Crippen molar-refractivity contribution >= 4 is 66.1 Å². The van der Waals surface area contributed by atoms with E-state index in [4.69, 9.17) is 16.6 Å². The number of hydrogen-bond acceptors (Lipinski definition) is 6. The van der Waals surface area contributed by atoms with Gasteiger partial charge in [0.1, 0.15) is 15.3 Å². The number of carbonyl (C=O) groups excluding carboxylic acids is 1. The van der Waals surface area contributed by atoms with Crippen LogP contribution in [0.1, 0.15) is 12.8 Å². The Balaban J connectivity index is 1.43. The molecule has 1 N–H and O–H groups in total. The van der Waals surface area contributed by atoms with Gasteiger partial charge in [-0.25, -0.2) is 13.4 Å². The summed E-state index contributed by atoms with van der Waals surface area (Å²) in [6, 6.07) is 17.6.